The maximum Gasteiger partial charge on any atom is 0.328 e. The Bertz CT molecular complexity index is 745. The number of rotatable bonds is 5. The van der Waals surface area contributed by atoms with E-state index in [1.807, 2.05) is 6.07 Å². The van der Waals surface area contributed by atoms with Gasteiger partial charge in [-0.1, -0.05) is 0 Å². The lowest BCUT2D eigenvalue weighted by Crippen LogP contribution is -2.23. The molecule has 0 saturated heterocycles. The fraction of sp³-hybridized carbons (Fsp3) is 0.0714. The Morgan fingerprint density at radius 3 is 2.86 bits per heavy atom. The second kappa shape index (κ2) is 6.67. The normalized spacial score (nSPS) is 10.7. The van der Waals surface area contributed by atoms with Crippen LogP contribution in [0, 0.1) is 0 Å². The average Bonchev–Trinajstić information content (AvgIpc) is 2.90. The van der Waals surface area contributed by atoms with Crippen molar-refractivity contribution in [3.63, 3.8) is 0 Å². The van der Waals surface area contributed by atoms with Crippen molar-refractivity contribution < 1.29 is 14.7 Å². The summed E-state index contributed by atoms with van der Waals surface area (Å²) in [5, 5.41) is 11.2. The Balaban J connectivity index is 1.95. The second-order valence-electron chi connectivity index (χ2n) is 4.10. The minimum Gasteiger partial charge on any atom is -0.478 e. The zero-order valence-corrected chi connectivity index (χ0v) is 11.6. The first kappa shape index (κ1) is 14.7. The first-order valence-electron chi connectivity index (χ1n) is 6.01. The summed E-state index contributed by atoms with van der Waals surface area (Å²) >= 11 is 1.38. The number of thiophene rings is 1. The molecule has 0 bridgehead atoms. The molecule has 21 heavy (non-hydrogen) atoms. The van der Waals surface area contributed by atoms with Crippen LogP contribution in [0.15, 0.2) is 41.3 Å². The first-order valence-corrected chi connectivity index (χ1v) is 6.83. The number of aromatic amines is 1. The molecule has 0 spiro atoms. The molecule has 1 amide bonds. The van der Waals surface area contributed by atoms with Gasteiger partial charge in [0.1, 0.15) is 0 Å². The molecular weight excluding hydrogens is 292 g/mol. The van der Waals surface area contributed by atoms with Gasteiger partial charge in [-0.3, -0.25) is 9.59 Å². The van der Waals surface area contributed by atoms with Gasteiger partial charge in [-0.25, -0.2) is 4.79 Å². The van der Waals surface area contributed by atoms with Crippen molar-refractivity contribution in [3.8, 4) is 0 Å². The van der Waals surface area contributed by atoms with Gasteiger partial charge >= 0.3 is 5.97 Å². The van der Waals surface area contributed by atoms with E-state index < -0.39 is 5.97 Å². The lowest BCUT2D eigenvalue weighted by molar-refractivity contribution is -0.131. The number of nitrogens with one attached hydrogen (secondary N) is 2. The van der Waals surface area contributed by atoms with Crippen molar-refractivity contribution in [1.82, 2.24) is 10.3 Å². The average molecular weight is 304 g/mol. The third-order valence-electron chi connectivity index (χ3n) is 2.53. The van der Waals surface area contributed by atoms with E-state index in [0.717, 1.165) is 15.8 Å². The summed E-state index contributed by atoms with van der Waals surface area (Å²) in [6, 6.07) is 6.33. The molecular formula is C14H12N2O4S. The van der Waals surface area contributed by atoms with Crippen LogP contribution in [-0.4, -0.2) is 22.0 Å². The predicted octanol–water partition coefficient (Wildman–Crippen LogP) is 1.46. The van der Waals surface area contributed by atoms with Crippen LogP contribution in [0.2, 0.25) is 0 Å². The molecule has 0 radical (unpaired) electrons. The van der Waals surface area contributed by atoms with Gasteiger partial charge in [-0.2, -0.15) is 0 Å². The van der Waals surface area contributed by atoms with Gasteiger partial charge in [-0.15, -0.1) is 11.3 Å². The zero-order chi connectivity index (χ0) is 15.2. The van der Waals surface area contributed by atoms with Crippen LogP contribution in [-0.2, 0) is 11.3 Å². The molecule has 2 aromatic rings. The first-order chi connectivity index (χ1) is 10.0. The number of carboxylic acid groups (broad SMARTS) is 1. The van der Waals surface area contributed by atoms with E-state index in [0.29, 0.717) is 12.1 Å². The fourth-order valence-corrected chi connectivity index (χ4v) is 2.44. The number of aliphatic carboxylic acids is 1. The van der Waals surface area contributed by atoms with E-state index in [-0.39, 0.29) is 11.5 Å². The van der Waals surface area contributed by atoms with E-state index >= 15 is 0 Å². The van der Waals surface area contributed by atoms with Crippen molar-refractivity contribution in [1.29, 1.82) is 0 Å². The SMILES string of the molecule is O=C(O)/C=C/c1ccc(CNC(=O)c2cc[nH]c(=O)c2)s1. The van der Waals surface area contributed by atoms with Gasteiger partial charge in [0.25, 0.3) is 5.91 Å². The van der Waals surface area contributed by atoms with Gasteiger partial charge in [0, 0.05) is 33.7 Å². The van der Waals surface area contributed by atoms with Crippen LogP contribution in [0.1, 0.15) is 20.1 Å². The van der Waals surface area contributed by atoms with Crippen molar-refractivity contribution in [3.05, 3.63) is 62.2 Å². The number of aromatic nitrogens is 1. The number of carbonyl (C=O) groups excluding carboxylic acids is 1. The van der Waals surface area contributed by atoms with Crippen LogP contribution in [0.25, 0.3) is 6.08 Å². The van der Waals surface area contributed by atoms with Crippen molar-refractivity contribution in [2.24, 2.45) is 0 Å². The molecule has 0 aromatic carbocycles. The summed E-state index contributed by atoms with van der Waals surface area (Å²) < 4.78 is 0. The Morgan fingerprint density at radius 1 is 1.33 bits per heavy atom. The standard InChI is InChI=1S/C14H12N2O4S/c17-12-7-9(5-6-15-12)14(20)16-8-11-2-1-10(21-11)3-4-13(18)19/h1-7H,8H2,(H,15,17)(H,16,20)(H,18,19)/b4-3+. The molecule has 6 nitrogen and oxygen atoms in total. The molecule has 2 heterocycles. The maximum absolute atomic E-state index is 11.8. The number of amides is 1. The molecule has 2 aromatic heterocycles. The molecule has 0 aliphatic rings. The molecule has 0 saturated carbocycles. The predicted molar refractivity (Wildman–Crippen MR) is 79.2 cm³/mol. The van der Waals surface area contributed by atoms with E-state index in [9.17, 15) is 14.4 Å². The highest BCUT2D eigenvalue weighted by Gasteiger charge is 2.06. The number of hydrogen-bond acceptors (Lipinski definition) is 4. The topological polar surface area (TPSA) is 99.3 Å². The number of hydrogen-bond donors (Lipinski definition) is 3. The van der Waals surface area contributed by atoms with Crippen LogP contribution >= 0.6 is 11.3 Å². The Morgan fingerprint density at radius 2 is 2.14 bits per heavy atom. The van der Waals surface area contributed by atoms with Gasteiger partial charge in [0.05, 0.1) is 6.54 Å². The quantitative estimate of drug-likeness (QED) is 0.728. The summed E-state index contributed by atoms with van der Waals surface area (Å²) in [5.74, 6) is -1.34. The lowest BCUT2D eigenvalue weighted by Gasteiger charge is -2.02. The molecule has 7 heteroatoms. The minimum atomic E-state index is -1.01. The molecule has 0 aliphatic carbocycles. The van der Waals surface area contributed by atoms with Crippen LogP contribution in [0.5, 0.6) is 0 Å². The highest BCUT2D eigenvalue weighted by molar-refractivity contribution is 7.12. The third kappa shape index (κ3) is 4.43. The van der Waals surface area contributed by atoms with Crippen molar-refractivity contribution in [2.45, 2.75) is 6.54 Å². The summed E-state index contributed by atoms with van der Waals surface area (Å²) in [6.07, 6.45) is 3.97. The largest absolute Gasteiger partial charge is 0.478 e. The molecule has 0 unspecified atom stereocenters. The third-order valence-corrected chi connectivity index (χ3v) is 3.58. The number of H-pyrrole nitrogens is 1. The smallest absolute Gasteiger partial charge is 0.328 e. The molecule has 0 fully saturated rings. The molecule has 108 valence electrons. The molecule has 2 rings (SSSR count). The number of carboxylic acids is 1. The highest BCUT2D eigenvalue weighted by Crippen LogP contribution is 2.17. The van der Waals surface area contributed by atoms with Gasteiger partial charge in [-0.05, 0) is 24.3 Å². The number of pyridine rings is 1. The highest BCUT2D eigenvalue weighted by atomic mass is 32.1. The van der Waals surface area contributed by atoms with Crippen molar-refractivity contribution >= 4 is 29.3 Å². The van der Waals surface area contributed by atoms with Crippen LogP contribution in [0.4, 0.5) is 0 Å². The maximum atomic E-state index is 11.8. The van der Waals surface area contributed by atoms with Crippen LogP contribution in [0.3, 0.4) is 0 Å². The number of carbonyl (C=O) groups is 2. The van der Waals surface area contributed by atoms with E-state index in [4.69, 9.17) is 5.11 Å². The summed E-state index contributed by atoms with van der Waals surface area (Å²) in [5.41, 5.74) is -0.0406. The summed E-state index contributed by atoms with van der Waals surface area (Å²) in [7, 11) is 0. The van der Waals surface area contributed by atoms with Crippen LogP contribution < -0.4 is 10.9 Å². The fourth-order valence-electron chi connectivity index (χ4n) is 1.59. The van der Waals surface area contributed by atoms with Gasteiger partial charge in [0.15, 0.2) is 0 Å². The lowest BCUT2D eigenvalue weighted by atomic mass is 10.2. The zero-order valence-electron chi connectivity index (χ0n) is 10.8. The van der Waals surface area contributed by atoms with E-state index in [1.54, 1.807) is 6.07 Å². The van der Waals surface area contributed by atoms with Gasteiger partial charge in [0.2, 0.25) is 5.56 Å². The summed E-state index contributed by atoms with van der Waals surface area (Å²) in [6.45, 7) is 0.317. The van der Waals surface area contributed by atoms with Crippen molar-refractivity contribution in [2.75, 3.05) is 0 Å². The van der Waals surface area contributed by atoms with E-state index in [2.05, 4.69) is 10.3 Å². The Hall–Kier alpha value is -2.67. The Kier molecular flexibility index (Phi) is 4.68. The monoisotopic (exact) mass is 304 g/mol. The van der Waals surface area contributed by atoms with Gasteiger partial charge < -0.3 is 15.4 Å². The van der Waals surface area contributed by atoms with E-state index in [1.165, 1.54) is 35.7 Å². The molecule has 3 N–H and O–H groups in total. The molecule has 0 aliphatic heterocycles. The minimum absolute atomic E-state index is 0.293. The summed E-state index contributed by atoms with van der Waals surface area (Å²) in [4.78, 5) is 37.5. The second-order valence-corrected chi connectivity index (χ2v) is 5.30. The molecule has 0 atom stereocenters. The Labute approximate surface area is 123 Å².